The lowest BCUT2D eigenvalue weighted by Crippen LogP contribution is -2.23. The molecule has 138 valence electrons. The number of para-hydroxylation sites is 1. The summed E-state index contributed by atoms with van der Waals surface area (Å²) in [5.74, 6) is -0.543. The standard InChI is InChI=1S/C19H17N3O4S/c1-11-9-12-3-2-4-15-17(12)22(11)10-16(18(15)23)19(24)21-13-5-7-14(8-6-13)27(20,25)26/h2-8,10-11H,9H2,1H3,(H,21,24)(H2,20,25,26)/t11-/m1/s1. The highest BCUT2D eigenvalue weighted by Gasteiger charge is 2.24. The molecule has 2 aromatic carbocycles. The van der Waals surface area contributed by atoms with E-state index in [9.17, 15) is 18.0 Å². The summed E-state index contributed by atoms with van der Waals surface area (Å²) in [7, 11) is -3.81. The van der Waals surface area contributed by atoms with Crippen molar-refractivity contribution in [3.05, 3.63) is 70.0 Å². The molecule has 2 heterocycles. The molecule has 7 nitrogen and oxygen atoms in total. The number of pyridine rings is 1. The van der Waals surface area contributed by atoms with Crippen molar-refractivity contribution < 1.29 is 13.2 Å². The number of sulfonamides is 1. The third-order valence-electron chi connectivity index (χ3n) is 4.81. The summed E-state index contributed by atoms with van der Waals surface area (Å²) in [6.07, 6.45) is 2.41. The minimum Gasteiger partial charge on any atom is -0.343 e. The predicted molar refractivity (Wildman–Crippen MR) is 102 cm³/mol. The number of primary sulfonamides is 1. The average Bonchev–Trinajstić information content (AvgIpc) is 2.94. The molecule has 0 saturated heterocycles. The van der Waals surface area contributed by atoms with Crippen molar-refractivity contribution in [1.29, 1.82) is 0 Å². The van der Waals surface area contributed by atoms with E-state index >= 15 is 0 Å². The van der Waals surface area contributed by atoms with Crippen LogP contribution in [0.25, 0.3) is 10.9 Å². The van der Waals surface area contributed by atoms with E-state index in [4.69, 9.17) is 5.14 Å². The van der Waals surface area contributed by atoms with E-state index < -0.39 is 15.9 Å². The number of aromatic nitrogens is 1. The van der Waals surface area contributed by atoms with Crippen LogP contribution in [0.4, 0.5) is 5.69 Å². The number of anilines is 1. The van der Waals surface area contributed by atoms with E-state index in [1.165, 1.54) is 24.3 Å². The smallest absolute Gasteiger partial charge is 0.261 e. The first-order valence-corrected chi connectivity index (χ1v) is 9.91. The van der Waals surface area contributed by atoms with Gasteiger partial charge in [0.15, 0.2) is 0 Å². The van der Waals surface area contributed by atoms with Gasteiger partial charge in [-0.25, -0.2) is 13.6 Å². The number of benzene rings is 2. The van der Waals surface area contributed by atoms with Gasteiger partial charge in [0.25, 0.3) is 5.91 Å². The monoisotopic (exact) mass is 383 g/mol. The van der Waals surface area contributed by atoms with Gasteiger partial charge in [-0.3, -0.25) is 9.59 Å². The van der Waals surface area contributed by atoms with E-state index in [1.54, 1.807) is 12.3 Å². The highest BCUT2D eigenvalue weighted by atomic mass is 32.2. The van der Waals surface area contributed by atoms with Gasteiger partial charge in [-0.05, 0) is 49.2 Å². The normalized spacial score (nSPS) is 15.9. The number of nitrogens with one attached hydrogen (secondary N) is 1. The Hall–Kier alpha value is -2.97. The largest absolute Gasteiger partial charge is 0.343 e. The number of nitrogens with zero attached hydrogens (tertiary/aromatic N) is 1. The van der Waals surface area contributed by atoms with Crippen LogP contribution >= 0.6 is 0 Å². The summed E-state index contributed by atoms with van der Waals surface area (Å²) in [4.78, 5) is 25.4. The van der Waals surface area contributed by atoms with Gasteiger partial charge in [0.05, 0.1) is 10.4 Å². The van der Waals surface area contributed by atoms with Crippen LogP contribution < -0.4 is 15.9 Å². The first kappa shape index (κ1) is 17.4. The number of carbonyl (C=O) groups excluding carboxylic acids is 1. The SMILES string of the molecule is C[C@@H]1Cc2cccc3c(=O)c(C(=O)Nc4ccc(S(N)(=O)=O)cc4)cn1c23. The molecule has 1 aliphatic rings. The molecule has 3 N–H and O–H groups in total. The Kier molecular flexibility index (Phi) is 3.90. The molecule has 0 unspecified atom stereocenters. The molecule has 27 heavy (non-hydrogen) atoms. The van der Waals surface area contributed by atoms with Crippen molar-refractivity contribution >= 4 is 32.5 Å². The fourth-order valence-corrected chi connectivity index (χ4v) is 4.02. The number of rotatable bonds is 3. The second-order valence-electron chi connectivity index (χ2n) is 6.67. The first-order valence-electron chi connectivity index (χ1n) is 8.36. The molecule has 0 saturated carbocycles. The van der Waals surface area contributed by atoms with Gasteiger partial charge >= 0.3 is 0 Å². The topological polar surface area (TPSA) is 111 Å². The van der Waals surface area contributed by atoms with Gasteiger partial charge in [0, 0.05) is 23.3 Å². The first-order chi connectivity index (χ1) is 12.8. The van der Waals surface area contributed by atoms with E-state index in [1.807, 2.05) is 23.6 Å². The minimum atomic E-state index is -3.81. The van der Waals surface area contributed by atoms with Crippen molar-refractivity contribution in [1.82, 2.24) is 4.57 Å². The maximum absolute atomic E-state index is 12.8. The van der Waals surface area contributed by atoms with Crippen LogP contribution in [0.3, 0.4) is 0 Å². The summed E-state index contributed by atoms with van der Waals surface area (Å²) in [5, 5.41) is 8.22. The van der Waals surface area contributed by atoms with Gasteiger partial charge in [-0.2, -0.15) is 0 Å². The zero-order valence-electron chi connectivity index (χ0n) is 14.5. The van der Waals surface area contributed by atoms with Crippen LogP contribution in [0.2, 0.25) is 0 Å². The Labute approximate surface area is 155 Å². The van der Waals surface area contributed by atoms with Crippen LogP contribution in [0.15, 0.2) is 58.4 Å². The van der Waals surface area contributed by atoms with Crippen molar-refractivity contribution in [3.63, 3.8) is 0 Å². The van der Waals surface area contributed by atoms with Crippen LogP contribution in [-0.4, -0.2) is 18.9 Å². The van der Waals surface area contributed by atoms with Gasteiger partial charge in [0.2, 0.25) is 15.5 Å². The molecule has 0 aliphatic carbocycles. The van der Waals surface area contributed by atoms with Crippen molar-refractivity contribution in [2.45, 2.75) is 24.3 Å². The maximum Gasteiger partial charge on any atom is 0.261 e. The van der Waals surface area contributed by atoms with E-state index in [0.29, 0.717) is 11.1 Å². The fourth-order valence-electron chi connectivity index (χ4n) is 3.50. The molecule has 4 rings (SSSR count). The number of amides is 1. The summed E-state index contributed by atoms with van der Waals surface area (Å²) in [6.45, 7) is 2.04. The third-order valence-corrected chi connectivity index (χ3v) is 5.74. The second kappa shape index (κ2) is 6.04. The Morgan fingerprint density at radius 1 is 1.19 bits per heavy atom. The lowest BCUT2D eigenvalue weighted by molar-refractivity contribution is 0.102. The van der Waals surface area contributed by atoms with Crippen molar-refractivity contribution in [2.75, 3.05) is 5.32 Å². The fraction of sp³-hybridized carbons (Fsp3) is 0.158. The Bertz CT molecular complexity index is 1240. The molecule has 8 heteroatoms. The summed E-state index contributed by atoms with van der Waals surface area (Å²) in [6, 6.07) is 11.2. The molecule has 0 spiro atoms. The molecule has 1 atom stereocenters. The van der Waals surface area contributed by atoms with Crippen LogP contribution in [0.1, 0.15) is 28.9 Å². The molecule has 0 radical (unpaired) electrons. The summed E-state index contributed by atoms with van der Waals surface area (Å²) in [5.41, 5.74) is 2.07. The van der Waals surface area contributed by atoms with Crippen molar-refractivity contribution in [2.24, 2.45) is 5.14 Å². The predicted octanol–water partition coefficient (Wildman–Crippen LogP) is 2.02. The quantitative estimate of drug-likeness (QED) is 0.721. The molecule has 0 fully saturated rings. The zero-order chi connectivity index (χ0) is 19.3. The average molecular weight is 383 g/mol. The number of hydrogen-bond acceptors (Lipinski definition) is 4. The molecule has 1 amide bonds. The molecule has 1 aliphatic heterocycles. The summed E-state index contributed by atoms with van der Waals surface area (Å²) < 4.78 is 24.6. The zero-order valence-corrected chi connectivity index (χ0v) is 15.3. The molecule has 1 aromatic heterocycles. The molecule has 0 bridgehead atoms. The van der Waals surface area contributed by atoms with Gasteiger partial charge in [0.1, 0.15) is 5.56 Å². The van der Waals surface area contributed by atoms with E-state index in [-0.39, 0.29) is 21.9 Å². The van der Waals surface area contributed by atoms with Gasteiger partial charge < -0.3 is 9.88 Å². The van der Waals surface area contributed by atoms with Crippen molar-refractivity contribution in [3.8, 4) is 0 Å². The second-order valence-corrected chi connectivity index (χ2v) is 8.23. The third kappa shape index (κ3) is 2.92. The highest BCUT2D eigenvalue weighted by molar-refractivity contribution is 7.89. The van der Waals surface area contributed by atoms with Crippen LogP contribution in [0.5, 0.6) is 0 Å². The number of hydrogen-bond donors (Lipinski definition) is 2. The maximum atomic E-state index is 12.8. The van der Waals surface area contributed by atoms with Crippen LogP contribution in [-0.2, 0) is 16.4 Å². The molecule has 3 aromatic rings. The summed E-state index contributed by atoms with van der Waals surface area (Å²) >= 11 is 0. The van der Waals surface area contributed by atoms with E-state index in [0.717, 1.165) is 17.5 Å². The van der Waals surface area contributed by atoms with Crippen LogP contribution in [0, 0.1) is 0 Å². The highest BCUT2D eigenvalue weighted by Crippen LogP contribution is 2.31. The minimum absolute atomic E-state index is 0.0453. The number of carbonyl (C=O) groups is 1. The van der Waals surface area contributed by atoms with Gasteiger partial charge in [-0.1, -0.05) is 12.1 Å². The van der Waals surface area contributed by atoms with E-state index in [2.05, 4.69) is 5.32 Å². The number of nitrogens with two attached hydrogens (primary N) is 1. The Balaban J connectivity index is 1.72. The Morgan fingerprint density at radius 3 is 2.56 bits per heavy atom. The lowest BCUT2D eigenvalue weighted by Gasteiger charge is -2.13. The Morgan fingerprint density at radius 2 is 1.89 bits per heavy atom. The lowest BCUT2D eigenvalue weighted by atomic mass is 10.1. The van der Waals surface area contributed by atoms with Gasteiger partial charge in [-0.15, -0.1) is 0 Å². The molecular weight excluding hydrogens is 366 g/mol. The molecular formula is C19H17N3O4S.